The van der Waals surface area contributed by atoms with Gasteiger partial charge in [-0.2, -0.15) is 4.31 Å². The number of halogens is 2. The minimum absolute atomic E-state index is 0.209. The van der Waals surface area contributed by atoms with Crippen LogP contribution in [0.5, 0.6) is 0 Å². The fourth-order valence-electron chi connectivity index (χ4n) is 3.08. The molecule has 0 spiro atoms. The zero-order chi connectivity index (χ0) is 20.3. The van der Waals surface area contributed by atoms with Gasteiger partial charge < -0.3 is 0 Å². The Morgan fingerprint density at radius 3 is 2.36 bits per heavy atom. The molecule has 0 radical (unpaired) electrons. The predicted molar refractivity (Wildman–Crippen MR) is 113 cm³/mol. The highest BCUT2D eigenvalue weighted by Crippen LogP contribution is 2.27. The summed E-state index contributed by atoms with van der Waals surface area (Å²) in [6, 6.07) is 11.2. The molecule has 2 aromatic rings. The molecule has 4 nitrogen and oxygen atoms in total. The first kappa shape index (κ1) is 21.1. The number of ketones is 1. The molecule has 0 amide bonds. The van der Waals surface area contributed by atoms with Crippen LogP contribution in [0, 0.1) is 5.92 Å². The molecule has 0 aliphatic carbocycles. The number of allylic oxidation sites excluding steroid dienone is 1. The third-order valence-electron chi connectivity index (χ3n) is 4.91. The van der Waals surface area contributed by atoms with Crippen molar-refractivity contribution < 1.29 is 13.2 Å². The van der Waals surface area contributed by atoms with Crippen LogP contribution >= 0.6 is 23.2 Å². The van der Waals surface area contributed by atoms with Crippen molar-refractivity contribution in [2.24, 2.45) is 5.92 Å². The Morgan fingerprint density at radius 1 is 1.07 bits per heavy atom. The summed E-state index contributed by atoms with van der Waals surface area (Å²) in [5.41, 5.74) is 1.04. The van der Waals surface area contributed by atoms with Crippen LogP contribution in [0.2, 0.25) is 10.0 Å². The van der Waals surface area contributed by atoms with Crippen LogP contribution in [0.15, 0.2) is 53.4 Å². The molecule has 1 aliphatic heterocycles. The van der Waals surface area contributed by atoms with Gasteiger partial charge >= 0.3 is 0 Å². The molecule has 0 aromatic heterocycles. The number of carbonyl (C=O) groups excluding carboxylic acids is 1. The van der Waals surface area contributed by atoms with Gasteiger partial charge in [-0.25, -0.2) is 8.42 Å². The van der Waals surface area contributed by atoms with Crippen molar-refractivity contribution in [1.82, 2.24) is 4.31 Å². The van der Waals surface area contributed by atoms with Gasteiger partial charge in [-0.1, -0.05) is 42.3 Å². The number of hydrogen-bond donors (Lipinski definition) is 0. The molecule has 0 N–H and O–H groups in total. The molecule has 1 saturated heterocycles. The molecule has 1 aliphatic rings. The highest BCUT2D eigenvalue weighted by Gasteiger charge is 2.27. The Labute approximate surface area is 175 Å². The van der Waals surface area contributed by atoms with Crippen molar-refractivity contribution in [2.45, 2.75) is 24.7 Å². The van der Waals surface area contributed by atoms with E-state index in [4.69, 9.17) is 23.2 Å². The van der Waals surface area contributed by atoms with E-state index in [9.17, 15) is 13.2 Å². The van der Waals surface area contributed by atoms with Gasteiger partial charge in [-0.3, -0.25) is 4.79 Å². The van der Waals surface area contributed by atoms with Crippen LogP contribution in [0.3, 0.4) is 0 Å². The van der Waals surface area contributed by atoms with Gasteiger partial charge in [0, 0.05) is 18.7 Å². The highest BCUT2D eigenvalue weighted by molar-refractivity contribution is 7.89. The molecule has 0 saturated carbocycles. The van der Waals surface area contributed by atoms with Crippen molar-refractivity contribution >= 4 is 45.1 Å². The van der Waals surface area contributed by atoms with Gasteiger partial charge in [0.05, 0.1) is 14.9 Å². The second-order valence-electron chi connectivity index (χ2n) is 6.95. The second kappa shape index (κ2) is 8.78. The lowest BCUT2D eigenvalue weighted by Crippen LogP contribution is -2.37. The van der Waals surface area contributed by atoms with Gasteiger partial charge in [-0.05, 0) is 66.8 Å². The molecule has 7 heteroatoms. The molecular weight excluding hydrogens is 417 g/mol. The van der Waals surface area contributed by atoms with Crippen molar-refractivity contribution in [3.63, 3.8) is 0 Å². The number of nitrogens with zero attached hydrogens (tertiary/aromatic N) is 1. The fourth-order valence-corrected chi connectivity index (χ4v) is 4.92. The summed E-state index contributed by atoms with van der Waals surface area (Å²) in [5.74, 6) is 0.304. The van der Waals surface area contributed by atoms with Gasteiger partial charge in [0.25, 0.3) is 0 Å². The summed E-state index contributed by atoms with van der Waals surface area (Å²) in [5, 5.41) is 0.795. The third-order valence-corrected chi connectivity index (χ3v) is 7.66. The zero-order valence-electron chi connectivity index (χ0n) is 15.4. The molecule has 3 rings (SSSR count). The first-order valence-corrected chi connectivity index (χ1v) is 11.3. The third kappa shape index (κ3) is 4.66. The first-order valence-electron chi connectivity index (χ1n) is 9.05. The van der Waals surface area contributed by atoms with E-state index in [-0.39, 0.29) is 10.7 Å². The van der Waals surface area contributed by atoms with E-state index >= 15 is 0 Å². The van der Waals surface area contributed by atoms with E-state index in [0.29, 0.717) is 40.2 Å². The van der Waals surface area contributed by atoms with Crippen molar-refractivity contribution in [3.05, 3.63) is 69.7 Å². The molecule has 148 valence electrons. The summed E-state index contributed by atoms with van der Waals surface area (Å²) in [6.07, 6.45) is 4.72. The van der Waals surface area contributed by atoms with Crippen LogP contribution in [-0.4, -0.2) is 31.6 Å². The quantitative estimate of drug-likeness (QED) is 0.470. The smallest absolute Gasteiger partial charge is 0.243 e. The van der Waals surface area contributed by atoms with Crippen LogP contribution < -0.4 is 0 Å². The van der Waals surface area contributed by atoms with Crippen LogP contribution in [0.1, 0.15) is 35.7 Å². The maximum absolute atomic E-state index is 12.8. The average molecular weight is 438 g/mol. The number of sulfonamides is 1. The van der Waals surface area contributed by atoms with E-state index < -0.39 is 10.0 Å². The summed E-state index contributed by atoms with van der Waals surface area (Å²) < 4.78 is 27.0. The number of hydrogen-bond acceptors (Lipinski definition) is 3. The van der Waals surface area contributed by atoms with Crippen molar-refractivity contribution in [3.8, 4) is 0 Å². The SMILES string of the molecule is CC1CCN(S(=O)(=O)c2ccc(C(=O)/C=C/c3cccc(Cl)c3Cl)cc2)CC1. The first-order chi connectivity index (χ1) is 13.3. The van der Waals surface area contributed by atoms with Gasteiger partial charge in [-0.15, -0.1) is 0 Å². The van der Waals surface area contributed by atoms with Crippen LogP contribution in [0.25, 0.3) is 6.08 Å². The maximum atomic E-state index is 12.8. The Bertz CT molecular complexity index is 993. The molecule has 0 bridgehead atoms. The highest BCUT2D eigenvalue weighted by atomic mass is 35.5. The van der Waals surface area contributed by atoms with Crippen molar-refractivity contribution in [2.75, 3.05) is 13.1 Å². The standard InChI is InChI=1S/C21H21Cl2NO3S/c1-15-11-13-24(14-12-15)28(26,27)18-8-5-16(6-9-18)20(25)10-7-17-3-2-4-19(22)21(17)23/h2-10,15H,11-14H2,1H3/b10-7+. The van der Waals surface area contributed by atoms with Gasteiger partial charge in [0.15, 0.2) is 5.78 Å². The maximum Gasteiger partial charge on any atom is 0.243 e. The molecule has 0 unspecified atom stereocenters. The summed E-state index contributed by atoms with van der Waals surface area (Å²) in [4.78, 5) is 12.6. The lowest BCUT2D eigenvalue weighted by molar-refractivity contribution is 0.104. The van der Waals surface area contributed by atoms with Crippen LogP contribution in [-0.2, 0) is 10.0 Å². The van der Waals surface area contributed by atoms with E-state index in [1.165, 1.54) is 34.6 Å². The normalized spacial score (nSPS) is 16.5. The second-order valence-corrected chi connectivity index (χ2v) is 9.67. The summed E-state index contributed by atoms with van der Waals surface area (Å²) >= 11 is 12.1. The minimum Gasteiger partial charge on any atom is -0.289 e. The molecule has 0 atom stereocenters. The molecule has 28 heavy (non-hydrogen) atoms. The summed E-state index contributed by atoms with van der Waals surface area (Å²) in [7, 11) is -3.52. The number of benzene rings is 2. The number of carbonyl (C=O) groups is 1. The minimum atomic E-state index is -3.52. The zero-order valence-corrected chi connectivity index (χ0v) is 17.8. The molecule has 1 fully saturated rings. The Hall–Kier alpha value is -1.66. The molecule has 2 aromatic carbocycles. The number of piperidine rings is 1. The van der Waals surface area contributed by atoms with Gasteiger partial charge in [0.2, 0.25) is 10.0 Å². The van der Waals surface area contributed by atoms with E-state index in [1.54, 1.807) is 24.3 Å². The number of rotatable bonds is 5. The Morgan fingerprint density at radius 2 is 1.71 bits per heavy atom. The molecule has 1 heterocycles. The van der Waals surface area contributed by atoms with E-state index in [0.717, 1.165) is 12.8 Å². The topological polar surface area (TPSA) is 54.5 Å². The van der Waals surface area contributed by atoms with E-state index in [1.807, 2.05) is 0 Å². The monoisotopic (exact) mass is 437 g/mol. The largest absolute Gasteiger partial charge is 0.289 e. The molecular formula is C21H21Cl2NO3S. The Kier molecular flexibility index (Phi) is 6.61. The Balaban J connectivity index is 1.74. The average Bonchev–Trinajstić information content (AvgIpc) is 2.69. The fraction of sp³-hybridized carbons (Fsp3) is 0.286. The lowest BCUT2D eigenvalue weighted by atomic mass is 10.0. The van der Waals surface area contributed by atoms with Crippen LogP contribution in [0.4, 0.5) is 0 Å². The van der Waals surface area contributed by atoms with Crippen molar-refractivity contribution in [1.29, 1.82) is 0 Å². The summed E-state index contributed by atoms with van der Waals surface area (Å²) in [6.45, 7) is 3.20. The predicted octanol–water partition coefficient (Wildman–Crippen LogP) is 5.31. The van der Waals surface area contributed by atoms with Gasteiger partial charge in [0.1, 0.15) is 0 Å². The lowest BCUT2D eigenvalue weighted by Gasteiger charge is -2.29. The van der Waals surface area contributed by atoms with E-state index in [2.05, 4.69) is 6.92 Å².